The minimum absolute atomic E-state index is 1.08. The lowest BCUT2D eigenvalue weighted by Gasteiger charge is -2.28. The Bertz CT molecular complexity index is 4700. The second-order valence-corrected chi connectivity index (χ2v) is 20.1. The molecule has 13 aromatic carbocycles. The minimum atomic E-state index is 1.08. The third-order valence-electron chi connectivity index (χ3n) is 15.7. The molecule has 0 fully saturated rings. The number of benzene rings is 13. The third-order valence-corrected chi connectivity index (χ3v) is 15.7. The van der Waals surface area contributed by atoms with Crippen LogP contribution in [0.1, 0.15) is 0 Å². The van der Waals surface area contributed by atoms with Crippen molar-refractivity contribution >= 4 is 82.2 Å². The minimum Gasteiger partial charge on any atom is -0.310 e. The highest BCUT2D eigenvalue weighted by molar-refractivity contribution is 6.13. The molecule has 3 heteroatoms. The lowest BCUT2D eigenvalue weighted by molar-refractivity contribution is 1.18. The first kappa shape index (κ1) is 44.3. The summed E-state index contributed by atoms with van der Waals surface area (Å²) < 4.78 is 4.77. The molecule has 0 saturated heterocycles. The molecule has 0 amide bonds. The molecule has 2 aromatic heterocycles. The van der Waals surface area contributed by atoms with Crippen molar-refractivity contribution in [2.75, 3.05) is 4.90 Å². The van der Waals surface area contributed by atoms with Gasteiger partial charge in [-0.15, -0.1) is 0 Å². The fraction of sp³-hybridized carbons (Fsp3) is 0. The molecule has 0 bridgehead atoms. The highest BCUT2D eigenvalue weighted by Crippen LogP contribution is 2.45. The van der Waals surface area contributed by atoms with Crippen LogP contribution in [0.15, 0.2) is 297 Å². The van der Waals surface area contributed by atoms with Gasteiger partial charge in [0.2, 0.25) is 0 Å². The Morgan fingerprint density at radius 3 is 1.32 bits per heavy atom. The first-order valence-electron chi connectivity index (χ1n) is 26.5. The number of anilines is 3. The molecular formula is C74H49N3. The van der Waals surface area contributed by atoms with Gasteiger partial charge in [-0.2, -0.15) is 0 Å². The molecule has 0 aliphatic heterocycles. The lowest BCUT2D eigenvalue weighted by Crippen LogP contribution is -2.10. The van der Waals surface area contributed by atoms with E-state index in [4.69, 9.17) is 0 Å². The van der Waals surface area contributed by atoms with Gasteiger partial charge in [-0.1, -0.05) is 212 Å². The summed E-state index contributed by atoms with van der Waals surface area (Å²) in [4.78, 5) is 2.42. The van der Waals surface area contributed by atoms with E-state index in [1.807, 2.05) is 0 Å². The molecule has 0 spiro atoms. The van der Waals surface area contributed by atoms with E-state index in [0.717, 1.165) is 28.3 Å². The van der Waals surface area contributed by atoms with E-state index in [1.165, 1.54) is 110 Å². The van der Waals surface area contributed by atoms with Gasteiger partial charge in [-0.3, -0.25) is 0 Å². The maximum absolute atomic E-state index is 2.42. The van der Waals surface area contributed by atoms with Crippen LogP contribution in [-0.2, 0) is 0 Å². The number of fused-ring (bicyclic) bond motifs is 8. The predicted octanol–water partition coefficient (Wildman–Crippen LogP) is 20.3. The molecule has 0 radical (unpaired) electrons. The fourth-order valence-electron chi connectivity index (χ4n) is 12.1. The number of hydrogen-bond acceptors (Lipinski definition) is 1. The quantitative estimate of drug-likeness (QED) is 0.140. The summed E-state index contributed by atoms with van der Waals surface area (Å²) in [7, 11) is 0. The molecule has 2 heterocycles. The summed E-state index contributed by atoms with van der Waals surface area (Å²) in [6.45, 7) is 0. The van der Waals surface area contributed by atoms with E-state index in [0.29, 0.717) is 0 Å². The van der Waals surface area contributed by atoms with Crippen LogP contribution in [0.2, 0.25) is 0 Å². The average molecular weight is 980 g/mol. The summed E-state index contributed by atoms with van der Waals surface area (Å²) >= 11 is 0. The van der Waals surface area contributed by atoms with Crippen LogP contribution < -0.4 is 4.90 Å². The van der Waals surface area contributed by atoms with Crippen molar-refractivity contribution in [3.05, 3.63) is 297 Å². The van der Waals surface area contributed by atoms with Crippen LogP contribution >= 0.6 is 0 Å². The van der Waals surface area contributed by atoms with E-state index in [-0.39, 0.29) is 0 Å². The molecule has 0 unspecified atom stereocenters. The van der Waals surface area contributed by atoms with E-state index in [2.05, 4.69) is 311 Å². The summed E-state index contributed by atoms with van der Waals surface area (Å²) in [6, 6.07) is 109. The molecule has 0 aliphatic carbocycles. The van der Waals surface area contributed by atoms with Gasteiger partial charge in [0, 0.05) is 49.7 Å². The van der Waals surface area contributed by atoms with Crippen LogP contribution in [0.4, 0.5) is 17.1 Å². The van der Waals surface area contributed by atoms with Crippen molar-refractivity contribution in [2.24, 2.45) is 0 Å². The lowest BCUT2D eigenvalue weighted by atomic mass is 9.95. The van der Waals surface area contributed by atoms with Crippen LogP contribution in [0.25, 0.3) is 121 Å². The smallest absolute Gasteiger partial charge is 0.0547 e. The Morgan fingerprint density at radius 2 is 0.662 bits per heavy atom. The second kappa shape index (κ2) is 18.3. The Morgan fingerprint density at radius 1 is 0.221 bits per heavy atom. The zero-order chi connectivity index (χ0) is 50.8. The fourth-order valence-corrected chi connectivity index (χ4v) is 12.1. The summed E-state index contributed by atoms with van der Waals surface area (Å²) in [5.41, 5.74) is 19.9. The summed E-state index contributed by atoms with van der Waals surface area (Å²) in [5, 5.41) is 9.86. The molecule has 0 saturated carbocycles. The number of hydrogen-bond donors (Lipinski definition) is 0. The number of para-hydroxylation sites is 4. The normalized spacial score (nSPS) is 11.6. The van der Waals surface area contributed by atoms with Gasteiger partial charge in [0.25, 0.3) is 0 Å². The van der Waals surface area contributed by atoms with Crippen molar-refractivity contribution in [1.82, 2.24) is 9.13 Å². The Balaban J connectivity index is 0.815. The molecule has 77 heavy (non-hydrogen) atoms. The van der Waals surface area contributed by atoms with E-state index in [1.54, 1.807) is 0 Å². The van der Waals surface area contributed by atoms with Gasteiger partial charge < -0.3 is 14.0 Å². The monoisotopic (exact) mass is 979 g/mol. The first-order chi connectivity index (χ1) is 38.2. The van der Waals surface area contributed by atoms with E-state index < -0.39 is 0 Å². The van der Waals surface area contributed by atoms with E-state index in [9.17, 15) is 0 Å². The van der Waals surface area contributed by atoms with Crippen LogP contribution in [0.5, 0.6) is 0 Å². The van der Waals surface area contributed by atoms with Crippen molar-refractivity contribution < 1.29 is 0 Å². The van der Waals surface area contributed by atoms with Crippen LogP contribution in [-0.4, -0.2) is 9.13 Å². The highest BCUT2D eigenvalue weighted by Gasteiger charge is 2.20. The molecule has 0 N–H and O–H groups in total. The van der Waals surface area contributed by atoms with Gasteiger partial charge >= 0.3 is 0 Å². The topological polar surface area (TPSA) is 13.1 Å². The molecule has 360 valence electrons. The number of rotatable bonds is 9. The Labute approximate surface area is 447 Å². The van der Waals surface area contributed by atoms with E-state index >= 15 is 0 Å². The highest BCUT2D eigenvalue weighted by atomic mass is 15.1. The molecule has 0 aliphatic rings. The molecule has 15 aromatic rings. The zero-order valence-corrected chi connectivity index (χ0v) is 42.1. The standard InChI is InChI=1S/C74H49N3/c1-3-18-57(19-4-1)76-71-29-14-12-26-67(71)69-48-55(39-46-73(69)76)52-32-30-50(31-33-52)51-34-40-59(41-35-51)75(60-42-36-54(37-43-60)62-27-15-17-53-16-7-8-22-61(53)62)72-47-45-63(64-23-9-10-24-65(64)72)56-38-44-68-66-25-11-13-28-70(66)77(74(68)49-56)58-20-5-2-6-21-58/h1-49H. The Kier molecular flexibility index (Phi) is 10.5. The summed E-state index contributed by atoms with van der Waals surface area (Å²) in [6.07, 6.45) is 0. The first-order valence-corrected chi connectivity index (χ1v) is 26.5. The summed E-state index contributed by atoms with van der Waals surface area (Å²) in [5.74, 6) is 0. The SMILES string of the molecule is c1ccc(-n2c3ccccc3c3cc(-c4ccc(-c5ccc(N(c6ccc(-c7cccc8ccccc78)cc6)c6ccc(-c7ccc8c9ccccc9n(-c9ccccc9)c8c7)c7ccccc67)cc5)cc4)ccc32)cc1. The molecule has 3 nitrogen and oxygen atoms in total. The third kappa shape index (κ3) is 7.51. The largest absolute Gasteiger partial charge is 0.310 e. The second-order valence-electron chi connectivity index (χ2n) is 20.1. The molecule has 0 atom stereocenters. The van der Waals surface area contributed by atoms with Crippen molar-refractivity contribution in [3.63, 3.8) is 0 Å². The zero-order valence-electron chi connectivity index (χ0n) is 42.1. The van der Waals surface area contributed by atoms with Gasteiger partial charge in [-0.25, -0.2) is 0 Å². The van der Waals surface area contributed by atoms with Crippen molar-refractivity contribution in [2.45, 2.75) is 0 Å². The van der Waals surface area contributed by atoms with Gasteiger partial charge in [0.05, 0.1) is 27.8 Å². The van der Waals surface area contributed by atoms with Gasteiger partial charge in [0.15, 0.2) is 0 Å². The van der Waals surface area contributed by atoms with Crippen LogP contribution in [0.3, 0.4) is 0 Å². The van der Waals surface area contributed by atoms with Gasteiger partial charge in [0.1, 0.15) is 0 Å². The molecule has 15 rings (SSSR count). The van der Waals surface area contributed by atoms with Crippen molar-refractivity contribution in [1.29, 1.82) is 0 Å². The number of aromatic nitrogens is 2. The number of nitrogens with zero attached hydrogens (tertiary/aromatic N) is 3. The maximum atomic E-state index is 2.42. The van der Waals surface area contributed by atoms with Gasteiger partial charge in [-0.05, 0) is 146 Å². The van der Waals surface area contributed by atoms with Crippen LogP contribution in [0, 0.1) is 0 Å². The molecular weight excluding hydrogens is 931 g/mol. The van der Waals surface area contributed by atoms with Crippen molar-refractivity contribution in [3.8, 4) is 55.9 Å². The average Bonchev–Trinajstić information content (AvgIpc) is 4.06. The maximum Gasteiger partial charge on any atom is 0.0547 e. The predicted molar refractivity (Wildman–Crippen MR) is 327 cm³/mol. The Hall–Kier alpha value is -10.2.